The Morgan fingerprint density at radius 3 is 2.86 bits per heavy atom. The predicted octanol–water partition coefficient (Wildman–Crippen LogP) is 2.18. The molecule has 7 nitrogen and oxygen atoms in total. The van der Waals surface area contributed by atoms with Gasteiger partial charge in [0.2, 0.25) is 10.8 Å². The van der Waals surface area contributed by atoms with Gasteiger partial charge in [-0.2, -0.15) is 5.10 Å². The summed E-state index contributed by atoms with van der Waals surface area (Å²) in [7, 11) is 0. The first-order chi connectivity index (χ1) is 10.6. The molecule has 0 saturated carbocycles. The number of thiazole rings is 1. The normalized spacial score (nSPS) is 10.5. The zero-order valence-electron chi connectivity index (χ0n) is 12.0. The third-order valence-corrected chi connectivity index (χ3v) is 3.53. The second kappa shape index (κ2) is 5.94. The Morgan fingerprint density at radius 1 is 1.36 bits per heavy atom. The molecule has 1 aromatic carbocycles. The van der Waals surface area contributed by atoms with Gasteiger partial charge in [0, 0.05) is 23.2 Å². The minimum Gasteiger partial charge on any atom is -0.282 e. The summed E-state index contributed by atoms with van der Waals surface area (Å²) in [6, 6.07) is 9.39. The van der Waals surface area contributed by atoms with Gasteiger partial charge in [-0.1, -0.05) is 18.2 Å². The largest absolute Gasteiger partial charge is 0.437 e. The summed E-state index contributed by atoms with van der Waals surface area (Å²) in [5.41, 5.74) is 4.91. The van der Waals surface area contributed by atoms with E-state index in [0.29, 0.717) is 16.5 Å². The van der Waals surface area contributed by atoms with Crippen LogP contribution in [0.2, 0.25) is 0 Å². The van der Waals surface area contributed by atoms with Gasteiger partial charge in [0.05, 0.1) is 0 Å². The maximum Gasteiger partial charge on any atom is 0.437 e. The SMILES string of the molecule is CC(C)=NNc1nc(-c2c(=O)o[nH][n+]2-c2ccccc2)cs1. The lowest BCUT2D eigenvalue weighted by molar-refractivity contribution is -0.660. The summed E-state index contributed by atoms with van der Waals surface area (Å²) in [6.07, 6.45) is 0. The number of rotatable bonds is 4. The van der Waals surface area contributed by atoms with Crippen molar-refractivity contribution < 1.29 is 9.20 Å². The average molecular weight is 316 g/mol. The summed E-state index contributed by atoms with van der Waals surface area (Å²) >= 11 is 1.37. The topological polar surface area (TPSA) is 87.2 Å². The van der Waals surface area contributed by atoms with Crippen molar-refractivity contribution in [2.75, 3.05) is 5.43 Å². The van der Waals surface area contributed by atoms with Crippen molar-refractivity contribution in [3.8, 4) is 17.1 Å². The van der Waals surface area contributed by atoms with Crippen molar-refractivity contribution in [3.05, 3.63) is 46.1 Å². The molecule has 2 N–H and O–H groups in total. The van der Waals surface area contributed by atoms with E-state index in [9.17, 15) is 4.79 Å². The van der Waals surface area contributed by atoms with Crippen molar-refractivity contribution in [3.63, 3.8) is 0 Å². The molecule has 0 aliphatic heterocycles. The fourth-order valence-corrected chi connectivity index (χ4v) is 2.48. The van der Waals surface area contributed by atoms with E-state index in [1.54, 1.807) is 10.1 Å². The molecule has 0 aliphatic rings. The highest BCUT2D eigenvalue weighted by Gasteiger charge is 2.27. The average Bonchev–Trinajstić information content (AvgIpc) is 3.12. The highest BCUT2D eigenvalue weighted by molar-refractivity contribution is 7.14. The first kappa shape index (κ1) is 14.2. The second-order valence-electron chi connectivity index (χ2n) is 4.71. The molecule has 22 heavy (non-hydrogen) atoms. The van der Waals surface area contributed by atoms with Crippen molar-refractivity contribution >= 4 is 22.2 Å². The molecule has 0 aliphatic carbocycles. The minimum absolute atomic E-state index is 0.340. The molecular formula is C14H14N5O2S+. The molecule has 3 aromatic rings. The van der Waals surface area contributed by atoms with Gasteiger partial charge in [-0.25, -0.2) is 9.78 Å². The smallest absolute Gasteiger partial charge is 0.282 e. The van der Waals surface area contributed by atoms with Gasteiger partial charge < -0.3 is 0 Å². The maximum absolute atomic E-state index is 12.0. The van der Waals surface area contributed by atoms with E-state index in [2.05, 4.69) is 20.8 Å². The molecule has 0 spiro atoms. The highest BCUT2D eigenvalue weighted by Crippen LogP contribution is 2.21. The third-order valence-electron chi connectivity index (χ3n) is 2.78. The summed E-state index contributed by atoms with van der Waals surface area (Å²) < 4.78 is 6.48. The van der Waals surface area contributed by atoms with Crippen LogP contribution in [0.25, 0.3) is 17.1 Å². The lowest BCUT2D eigenvalue weighted by Crippen LogP contribution is -2.36. The molecule has 0 amide bonds. The molecule has 0 atom stereocenters. The van der Waals surface area contributed by atoms with Crippen molar-refractivity contribution in [1.82, 2.24) is 10.3 Å². The van der Waals surface area contributed by atoms with Gasteiger partial charge in [0.25, 0.3) is 0 Å². The number of benzene rings is 1. The van der Waals surface area contributed by atoms with Crippen molar-refractivity contribution in [2.45, 2.75) is 13.8 Å². The van der Waals surface area contributed by atoms with E-state index < -0.39 is 5.63 Å². The van der Waals surface area contributed by atoms with Crippen LogP contribution >= 0.6 is 11.3 Å². The first-order valence-corrected chi connectivity index (χ1v) is 7.45. The number of aromatic amines is 1. The third kappa shape index (κ3) is 2.82. The van der Waals surface area contributed by atoms with E-state index in [1.165, 1.54) is 11.3 Å². The van der Waals surface area contributed by atoms with Crippen molar-refractivity contribution in [2.24, 2.45) is 5.10 Å². The standard InChI is InChI=1S/C14H13N5O2S/c1-9(2)16-17-14-15-11(8-22-14)12-13(20)21-18-19(12)10-6-4-3-5-7-10/h3-8H,1-2H3,(H-,15,17,18,20)/p+1. The van der Waals surface area contributed by atoms with Crippen LogP contribution in [-0.4, -0.2) is 16.0 Å². The lowest BCUT2D eigenvalue weighted by atomic mass is 10.3. The zero-order chi connectivity index (χ0) is 15.5. The van der Waals surface area contributed by atoms with Gasteiger partial charge in [0.1, 0.15) is 0 Å². The number of hydrogen-bond donors (Lipinski definition) is 2. The summed E-state index contributed by atoms with van der Waals surface area (Å²) in [5, 5.41) is 9.07. The summed E-state index contributed by atoms with van der Waals surface area (Å²) in [6.45, 7) is 3.76. The van der Waals surface area contributed by atoms with E-state index in [-0.39, 0.29) is 0 Å². The quantitative estimate of drug-likeness (QED) is 0.439. The van der Waals surface area contributed by atoms with Crippen LogP contribution < -0.4 is 15.7 Å². The van der Waals surface area contributed by atoms with Crippen LogP contribution in [0.3, 0.4) is 0 Å². The number of H-pyrrole nitrogens is 1. The predicted molar refractivity (Wildman–Crippen MR) is 84.4 cm³/mol. The maximum atomic E-state index is 12.0. The van der Waals surface area contributed by atoms with Gasteiger partial charge in [-0.3, -0.25) is 9.95 Å². The molecule has 0 radical (unpaired) electrons. The molecular weight excluding hydrogens is 302 g/mol. The monoisotopic (exact) mass is 316 g/mol. The summed E-state index contributed by atoms with van der Waals surface area (Å²) in [4.78, 5) is 16.4. The second-order valence-corrected chi connectivity index (χ2v) is 5.57. The molecule has 8 heteroatoms. The molecule has 0 bridgehead atoms. The number of nitrogens with zero attached hydrogens (tertiary/aromatic N) is 3. The fourth-order valence-electron chi connectivity index (χ4n) is 1.84. The zero-order valence-corrected chi connectivity index (χ0v) is 12.8. The van der Waals surface area contributed by atoms with Gasteiger partial charge in [-0.05, 0) is 23.8 Å². The van der Waals surface area contributed by atoms with Crippen LogP contribution in [0.15, 0.2) is 50.1 Å². The van der Waals surface area contributed by atoms with Crippen molar-refractivity contribution in [1.29, 1.82) is 0 Å². The number of anilines is 1. The van der Waals surface area contributed by atoms with E-state index in [4.69, 9.17) is 4.52 Å². The fraction of sp³-hybridized carbons (Fsp3) is 0.143. The highest BCUT2D eigenvalue weighted by atomic mass is 32.1. The molecule has 112 valence electrons. The Labute approximate surface area is 129 Å². The molecule has 0 saturated heterocycles. The molecule has 3 rings (SSSR count). The minimum atomic E-state index is -0.476. The lowest BCUT2D eigenvalue weighted by Gasteiger charge is -1.93. The van der Waals surface area contributed by atoms with Crippen LogP contribution in [0.4, 0.5) is 5.13 Å². The summed E-state index contributed by atoms with van der Waals surface area (Å²) in [5.74, 6) is 0. The number of nitrogens with one attached hydrogen (secondary N) is 2. The van der Waals surface area contributed by atoms with Gasteiger partial charge in [0.15, 0.2) is 5.69 Å². The van der Waals surface area contributed by atoms with Crippen LogP contribution in [0.1, 0.15) is 13.8 Å². The van der Waals surface area contributed by atoms with Gasteiger partial charge >= 0.3 is 11.3 Å². The van der Waals surface area contributed by atoms with E-state index >= 15 is 0 Å². The Balaban J connectivity index is 2.01. The Hall–Kier alpha value is -2.74. The molecule has 2 heterocycles. The molecule has 2 aromatic heterocycles. The number of para-hydroxylation sites is 1. The number of hydrazone groups is 1. The van der Waals surface area contributed by atoms with Crippen LogP contribution in [0.5, 0.6) is 0 Å². The number of aromatic nitrogens is 3. The first-order valence-electron chi connectivity index (χ1n) is 6.57. The Bertz CT molecular complexity index is 859. The number of hydrogen-bond acceptors (Lipinski definition) is 6. The molecule has 0 unspecified atom stereocenters. The molecule has 0 fully saturated rings. The Kier molecular flexibility index (Phi) is 3.84. The van der Waals surface area contributed by atoms with E-state index in [0.717, 1.165) is 11.4 Å². The Morgan fingerprint density at radius 2 is 2.14 bits per heavy atom. The van der Waals surface area contributed by atoms with E-state index in [1.807, 2.05) is 44.2 Å². The van der Waals surface area contributed by atoms with Crippen LogP contribution in [-0.2, 0) is 0 Å². The van der Waals surface area contributed by atoms with Gasteiger partial charge in [-0.15, -0.1) is 11.3 Å². The van der Waals surface area contributed by atoms with Crippen LogP contribution in [0, 0.1) is 0 Å².